The van der Waals surface area contributed by atoms with Crippen molar-refractivity contribution >= 4 is 21.7 Å². The van der Waals surface area contributed by atoms with Crippen molar-refractivity contribution < 1.29 is 9.47 Å². The lowest BCUT2D eigenvalue weighted by atomic mass is 10.1. The van der Waals surface area contributed by atoms with Crippen LogP contribution in [0, 0.1) is 0 Å². The summed E-state index contributed by atoms with van der Waals surface area (Å²) in [5.41, 5.74) is 8.03. The van der Waals surface area contributed by atoms with Gasteiger partial charge in [0.25, 0.3) is 0 Å². The number of ether oxygens (including phenoxy) is 2. The maximum atomic E-state index is 6.14. The highest BCUT2D eigenvalue weighted by Crippen LogP contribution is 2.35. The number of nitrogens with zero attached hydrogens (tertiary/aromatic N) is 2. The molecule has 0 radical (unpaired) electrons. The highest BCUT2D eigenvalue weighted by molar-refractivity contribution is 7.22. The smallest absolute Gasteiger partial charge is 0.131 e. The van der Waals surface area contributed by atoms with E-state index in [4.69, 9.17) is 15.2 Å². The molecule has 1 aromatic carbocycles. The van der Waals surface area contributed by atoms with Gasteiger partial charge in [0.1, 0.15) is 11.5 Å². The summed E-state index contributed by atoms with van der Waals surface area (Å²) in [6.45, 7) is 3.45. The third-order valence-electron chi connectivity index (χ3n) is 2.53. The molecule has 98 valence electrons. The summed E-state index contributed by atoms with van der Waals surface area (Å²) in [4.78, 5) is 0. The normalized spacial score (nSPS) is 11.6. The highest BCUT2D eigenvalue weighted by atomic mass is 31.0. The van der Waals surface area contributed by atoms with E-state index in [1.54, 1.807) is 26.3 Å². The minimum absolute atomic E-state index is 0.504. The third-order valence-corrected chi connectivity index (χ3v) is 3.22. The summed E-state index contributed by atoms with van der Waals surface area (Å²) in [5.74, 6) is 1.29. The lowest BCUT2D eigenvalue weighted by molar-refractivity contribution is 0.391. The second-order valence-electron chi connectivity index (χ2n) is 3.50. The van der Waals surface area contributed by atoms with Crippen LogP contribution in [0.3, 0.4) is 0 Å². The summed E-state index contributed by atoms with van der Waals surface area (Å²) < 4.78 is 10.6. The molecule has 6 heteroatoms. The molecule has 0 aromatic heterocycles. The first-order valence-corrected chi connectivity index (χ1v) is 5.81. The minimum atomic E-state index is 0.504. The Hall–Kier alpha value is -1.74. The molecule has 5 nitrogen and oxygen atoms in total. The van der Waals surface area contributed by atoms with Gasteiger partial charge in [-0.2, -0.15) is 5.10 Å². The van der Waals surface area contributed by atoms with Gasteiger partial charge in [0.15, 0.2) is 0 Å². The predicted octanol–water partition coefficient (Wildman–Crippen LogP) is 1.71. The van der Waals surface area contributed by atoms with Gasteiger partial charge in [-0.3, -0.25) is 5.01 Å². The Morgan fingerprint density at radius 2 is 1.83 bits per heavy atom. The molecule has 0 spiro atoms. The van der Waals surface area contributed by atoms with Crippen molar-refractivity contribution in [3.8, 4) is 11.5 Å². The third kappa shape index (κ3) is 2.74. The van der Waals surface area contributed by atoms with E-state index >= 15 is 0 Å². The Bertz CT molecular complexity index is 452. The van der Waals surface area contributed by atoms with Crippen molar-refractivity contribution in [2.45, 2.75) is 0 Å². The van der Waals surface area contributed by atoms with E-state index in [0.717, 1.165) is 0 Å². The van der Waals surface area contributed by atoms with Gasteiger partial charge in [0.05, 0.1) is 30.9 Å². The number of hydrazone groups is 1. The van der Waals surface area contributed by atoms with E-state index in [1.807, 2.05) is 18.2 Å². The lowest BCUT2D eigenvalue weighted by Crippen LogP contribution is -2.12. The summed E-state index contributed by atoms with van der Waals surface area (Å²) in [6, 6.07) is 5.49. The summed E-state index contributed by atoms with van der Waals surface area (Å²) >= 11 is 0. The fraction of sp³-hybridized carbons (Fsp3) is 0.250. The molecular formula is C12H18N3O2P. The first-order valence-electron chi connectivity index (χ1n) is 5.23. The topological polar surface area (TPSA) is 60.1 Å². The van der Waals surface area contributed by atoms with Crippen LogP contribution in [-0.4, -0.2) is 33.0 Å². The second-order valence-corrected chi connectivity index (χ2v) is 4.05. The van der Waals surface area contributed by atoms with E-state index < -0.39 is 0 Å². The first-order chi connectivity index (χ1) is 8.56. The molecule has 0 aliphatic rings. The van der Waals surface area contributed by atoms with Crippen LogP contribution in [0.5, 0.6) is 11.5 Å². The van der Waals surface area contributed by atoms with Crippen molar-refractivity contribution in [3.63, 3.8) is 0 Å². The van der Waals surface area contributed by atoms with Gasteiger partial charge in [0.2, 0.25) is 0 Å². The monoisotopic (exact) mass is 267 g/mol. The highest BCUT2D eigenvalue weighted by Gasteiger charge is 2.15. The van der Waals surface area contributed by atoms with Crippen molar-refractivity contribution in [1.29, 1.82) is 0 Å². The zero-order chi connectivity index (χ0) is 13.7. The molecule has 0 fully saturated rings. The van der Waals surface area contributed by atoms with Crippen molar-refractivity contribution in [2.24, 2.45) is 10.8 Å². The van der Waals surface area contributed by atoms with Crippen LogP contribution >= 0.6 is 9.24 Å². The van der Waals surface area contributed by atoms with E-state index in [0.29, 0.717) is 28.2 Å². The van der Waals surface area contributed by atoms with E-state index in [2.05, 4.69) is 21.1 Å². The zero-order valence-corrected chi connectivity index (χ0v) is 12.0. The molecule has 1 unspecified atom stereocenters. The molecule has 18 heavy (non-hydrogen) atoms. The Kier molecular flexibility index (Phi) is 4.98. The fourth-order valence-corrected chi connectivity index (χ4v) is 1.72. The van der Waals surface area contributed by atoms with Crippen LogP contribution in [0.4, 0.5) is 0 Å². The molecule has 2 N–H and O–H groups in total. The van der Waals surface area contributed by atoms with Crippen LogP contribution in [0.1, 0.15) is 5.56 Å². The van der Waals surface area contributed by atoms with E-state index in [1.165, 1.54) is 0 Å². The van der Waals surface area contributed by atoms with Crippen LogP contribution < -0.4 is 15.2 Å². The largest absolute Gasteiger partial charge is 0.496 e. The number of benzene rings is 1. The van der Waals surface area contributed by atoms with Gasteiger partial charge in [0, 0.05) is 13.8 Å². The Morgan fingerprint density at radius 3 is 2.22 bits per heavy atom. The van der Waals surface area contributed by atoms with Crippen LogP contribution in [0.2, 0.25) is 0 Å². The van der Waals surface area contributed by atoms with Gasteiger partial charge in [-0.15, -0.1) is 0 Å². The van der Waals surface area contributed by atoms with Gasteiger partial charge in [-0.05, 0) is 12.1 Å². The molecule has 1 aromatic rings. The summed E-state index contributed by atoms with van der Waals surface area (Å²) in [5, 5.41) is 5.35. The lowest BCUT2D eigenvalue weighted by Gasteiger charge is -2.18. The predicted molar refractivity (Wildman–Crippen MR) is 77.7 cm³/mol. The van der Waals surface area contributed by atoms with Gasteiger partial charge in [-0.1, -0.05) is 15.3 Å². The Labute approximate surface area is 109 Å². The van der Waals surface area contributed by atoms with E-state index in [-0.39, 0.29) is 0 Å². The first kappa shape index (κ1) is 14.3. The Morgan fingerprint density at radius 1 is 1.33 bits per heavy atom. The van der Waals surface area contributed by atoms with Crippen LogP contribution in [0.25, 0.3) is 5.70 Å². The molecule has 0 saturated carbocycles. The standard InChI is InChI=1S/C12H18N3O2P/c1-14-15(2)12(18)11(13)10-8(16-3)6-5-7-9(10)17-4/h5-7H,1,13,18H2,2-4H3/b12-11+. The molecule has 1 rings (SSSR count). The molecule has 0 aliphatic carbocycles. The van der Waals surface area contributed by atoms with Gasteiger partial charge in [-0.25, -0.2) is 0 Å². The quantitative estimate of drug-likeness (QED) is 0.501. The number of hydrogen-bond acceptors (Lipinski definition) is 5. The molecule has 0 aliphatic heterocycles. The van der Waals surface area contributed by atoms with Crippen LogP contribution in [0.15, 0.2) is 28.7 Å². The molecule has 0 bridgehead atoms. The molecule has 0 amide bonds. The average Bonchev–Trinajstić information content (AvgIpc) is 2.43. The van der Waals surface area contributed by atoms with Crippen molar-refractivity contribution in [3.05, 3.63) is 29.2 Å². The number of methoxy groups -OCH3 is 2. The van der Waals surface area contributed by atoms with Crippen LogP contribution in [-0.2, 0) is 0 Å². The second kappa shape index (κ2) is 6.26. The van der Waals surface area contributed by atoms with Gasteiger partial charge >= 0.3 is 0 Å². The van der Waals surface area contributed by atoms with E-state index in [9.17, 15) is 0 Å². The SMILES string of the molecule is C=NN(C)/C(P)=C(\N)c1c(OC)cccc1OC. The molecule has 0 heterocycles. The summed E-state index contributed by atoms with van der Waals surface area (Å²) in [7, 11) is 7.46. The number of hydrogen-bond donors (Lipinski definition) is 1. The average molecular weight is 267 g/mol. The molecule has 0 saturated heterocycles. The Balaban J connectivity index is 3.43. The maximum absolute atomic E-state index is 6.14. The maximum Gasteiger partial charge on any atom is 0.131 e. The molecule has 1 atom stereocenters. The zero-order valence-electron chi connectivity index (χ0n) is 10.8. The number of rotatable bonds is 5. The van der Waals surface area contributed by atoms with Crippen molar-refractivity contribution in [1.82, 2.24) is 5.01 Å². The fourth-order valence-electron chi connectivity index (χ4n) is 1.50. The summed E-state index contributed by atoms with van der Waals surface area (Å²) in [6.07, 6.45) is 0. The van der Waals surface area contributed by atoms with Gasteiger partial charge < -0.3 is 15.2 Å². The van der Waals surface area contributed by atoms with Crippen molar-refractivity contribution in [2.75, 3.05) is 21.3 Å². The molecular weight excluding hydrogens is 249 g/mol. The number of nitrogens with two attached hydrogens (primary N) is 1. The minimum Gasteiger partial charge on any atom is -0.496 e.